The third kappa shape index (κ3) is 5.20. The zero-order valence-corrected chi connectivity index (χ0v) is 19.8. The highest BCUT2D eigenvalue weighted by Crippen LogP contribution is 2.42. The number of rotatable bonds is 7. The van der Waals surface area contributed by atoms with Crippen molar-refractivity contribution in [3.05, 3.63) is 64.9 Å². The molecule has 3 rings (SSSR count). The average Bonchev–Trinajstić information content (AvgIpc) is 2.82. The van der Waals surface area contributed by atoms with E-state index >= 15 is 0 Å². The maximum atomic E-state index is 13.1. The minimum atomic E-state index is -1.19. The van der Waals surface area contributed by atoms with Gasteiger partial charge in [-0.2, -0.15) is 4.57 Å². The summed E-state index contributed by atoms with van der Waals surface area (Å²) in [6, 6.07) is 10.0. The molecule has 10 heteroatoms. The Morgan fingerprint density at radius 3 is 2.41 bits per heavy atom. The number of Topliss-reactive ketones (excluding diaryl/α,β-unsaturated/α-hetero) is 1. The largest absolute Gasteiger partial charge is 0.480 e. The van der Waals surface area contributed by atoms with Crippen molar-refractivity contribution in [3.8, 4) is 0 Å². The van der Waals surface area contributed by atoms with E-state index in [1.165, 1.54) is 24.1 Å². The van der Waals surface area contributed by atoms with Gasteiger partial charge >= 0.3 is 12.1 Å². The summed E-state index contributed by atoms with van der Waals surface area (Å²) in [6.07, 6.45) is 4.75. The number of likely N-dealkylation sites (N-methyl/N-ethyl adjacent to an activating group) is 2. The molecule has 1 unspecified atom stereocenters. The van der Waals surface area contributed by atoms with Crippen LogP contribution in [0.2, 0.25) is 5.02 Å². The van der Waals surface area contributed by atoms with E-state index in [4.69, 9.17) is 21.4 Å². The molecular formula is C24H27ClN3O6+. The molecule has 2 aromatic rings. The molecule has 1 atom stereocenters. The molecule has 1 saturated carbocycles. The first kappa shape index (κ1) is 25.2. The molecule has 0 saturated heterocycles. The number of aliphatic carboxylic acids is 1. The lowest BCUT2D eigenvalue weighted by Gasteiger charge is -2.43. The molecule has 34 heavy (non-hydrogen) atoms. The predicted octanol–water partition coefficient (Wildman–Crippen LogP) is 2.85. The Kier molecular flexibility index (Phi) is 7.88. The Morgan fingerprint density at radius 2 is 1.79 bits per heavy atom. The summed E-state index contributed by atoms with van der Waals surface area (Å²) in [6.45, 7) is -0.557. The van der Waals surface area contributed by atoms with Crippen molar-refractivity contribution in [2.45, 2.75) is 38.0 Å². The summed E-state index contributed by atoms with van der Waals surface area (Å²) in [5, 5.41) is 9.24. The van der Waals surface area contributed by atoms with Crippen LogP contribution in [0.15, 0.2) is 48.8 Å². The monoisotopic (exact) mass is 488 g/mol. The first-order chi connectivity index (χ1) is 16.2. The van der Waals surface area contributed by atoms with Gasteiger partial charge in [-0.3, -0.25) is 19.3 Å². The standard InChI is InChI=1S/C24H26ClN3O6/c1-26(15-21(30)31)22(32)17-10-13-28(14-11-17)16-34-23(33)27(2)24(12-6-5-9-20(24)29)18-7-3-4-8-19(18)25/h3-4,7-8,10-11,13-14H,5-6,9,12,15-16H2,1-2H3/p+1. The molecule has 0 aliphatic heterocycles. The van der Waals surface area contributed by atoms with Crippen molar-refractivity contribution >= 4 is 35.4 Å². The second kappa shape index (κ2) is 10.6. The van der Waals surface area contributed by atoms with Crippen LogP contribution < -0.4 is 4.57 Å². The molecule has 1 aliphatic carbocycles. The highest BCUT2D eigenvalue weighted by molar-refractivity contribution is 6.31. The molecule has 0 radical (unpaired) electrons. The first-order valence-electron chi connectivity index (χ1n) is 10.8. The fourth-order valence-electron chi connectivity index (χ4n) is 4.19. The van der Waals surface area contributed by atoms with E-state index in [2.05, 4.69) is 0 Å². The Morgan fingerprint density at radius 1 is 1.12 bits per heavy atom. The smallest absolute Gasteiger partial charge is 0.415 e. The number of pyridine rings is 1. The SMILES string of the molecule is CN(CC(=O)O)C(=O)c1cc[n+](COC(=O)N(C)C2(c3ccccc3Cl)CCCCC2=O)cc1. The van der Waals surface area contributed by atoms with Crippen LogP contribution in [0.4, 0.5) is 4.79 Å². The highest BCUT2D eigenvalue weighted by atomic mass is 35.5. The van der Waals surface area contributed by atoms with Crippen molar-refractivity contribution in [2.24, 2.45) is 0 Å². The van der Waals surface area contributed by atoms with Gasteiger partial charge in [0.2, 0.25) is 0 Å². The van der Waals surface area contributed by atoms with Crippen LogP contribution in [0.1, 0.15) is 41.6 Å². The lowest BCUT2D eigenvalue weighted by molar-refractivity contribution is -0.727. The highest BCUT2D eigenvalue weighted by Gasteiger charge is 2.48. The predicted molar refractivity (Wildman–Crippen MR) is 122 cm³/mol. The summed E-state index contributed by atoms with van der Waals surface area (Å²) >= 11 is 6.43. The fraction of sp³-hybridized carbons (Fsp3) is 0.375. The van der Waals surface area contributed by atoms with Gasteiger partial charge in [0.15, 0.2) is 18.2 Å². The van der Waals surface area contributed by atoms with E-state index in [1.54, 1.807) is 48.3 Å². The quantitative estimate of drug-likeness (QED) is 0.600. The lowest BCUT2D eigenvalue weighted by atomic mass is 9.74. The number of carboxylic acid groups (broad SMARTS) is 1. The van der Waals surface area contributed by atoms with E-state index in [9.17, 15) is 19.2 Å². The average molecular weight is 489 g/mol. The summed E-state index contributed by atoms with van der Waals surface area (Å²) in [5.74, 6) is -1.63. The summed E-state index contributed by atoms with van der Waals surface area (Å²) < 4.78 is 7.01. The van der Waals surface area contributed by atoms with Crippen LogP contribution >= 0.6 is 11.6 Å². The maximum Gasteiger partial charge on any atom is 0.415 e. The molecule has 1 heterocycles. The summed E-state index contributed by atoms with van der Waals surface area (Å²) in [4.78, 5) is 51.6. The number of carbonyl (C=O) groups excluding carboxylic acids is 3. The molecular weight excluding hydrogens is 462 g/mol. The number of ether oxygens (including phenoxy) is 1. The molecule has 0 spiro atoms. The van der Waals surface area contributed by atoms with E-state index in [0.717, 1.165) is 17.7 Å². The van der Waals surface area contributed by atoms with Crippen LogP contribution in [0.3, 0.4) is 0 Å². The van der Waals surface area contributed by atoms with Gasteiger partial charge in [0, 0.05) is 43.2 Å². The number of aromatic nitrogens is 1. The second-order valence-corrected chi connectivity index (χ2v) is 8.63. The molecule has 1 N–H and O–H groups in total. The number of carbonyl (C=O) groups is 4. The van der Waals surface area contributed by atoms with Crippen LogP contribution in [-0.4, -0.2) is 59.3 Å². The second-order valence-electron chi connectivity index (χ2n) is 8.22. The van der Waals surface area contributed by atoms with Crippen LogP contribution in [0, 0.1) is 0 Å². The lowest BCUT2D eigenvalue weighted by Crippen LogP contribution is -2.55. The molecule has 0 bridgehead atoms. The van der Waals surface area contributed by atoms with E-state index in [1.807, 2.05) is 0 Å². The maximum absolute atomic E-state index is 13.1. The van der Waals surface area contributed by atoms with E-state index < -0.39 is 30.1 Å². The minimum absolute atomic E-state index is 0.0766. The zero-order chi connectivity index (χ0) is 24.9. The van der Waals surface area contributed by atoms with Gasteiger partial charge in [-0.25, -0.2) is 4.79 Å². The van der Waals surface area contributed by atoms with Crippen molar-refractivity contribution < 1.29 is 33.6 Å². The van der Waals surface area contributed by atoms with Gasteiger partial charge in [0.05, 0.1) is 5.56 Å². The summed E-state index contributed by atoms with van der Waals surface area (Å²) in [5.41, 5.74) is -0.306. The van der Waals surface area contributed by atoms with Crippen molar-refractivity contribution in [1.29, 1.82) is 0 Å². The topological polar surface area (TPSA) is 108 Å². The number of nitrogens with zero attached hydrogens (tertiary/aromatic N) is 3. The van der Waals surface area contributed by atoms with Gasteiger partial charge in [0.25, 0.3) is 12.6 Å². The van der Waals surface area contributed by atoms with Crippen molar-refractivity contribution in [2.75, 3.05) is 20.6 Å². The first-order valence-corrected chi connectivity index (χ1v) is 11.2. The van der Waals surface area contributed by atoms with Crippen molar-refractivity contribution in [3.63, 3.8) is 0 Å². The van der Waals surface area contributed by atoms with E-state index in [-0.39, 0.29) is 12.5 Å². The van der Waals surface area contributed by atoms with Crippen LogP contribution in [-0.2, 0) is 26.6 Å². The fourth-order valence-corrected chi connectivity index (χ4v) is 4.49. The molecule has 1 aromatic heterocycles. The number of hydrogen-bond donors (Lipinski definition) is 1. The van der Waals surface area contributed by atoms with Gasteiger partial charge in [-0.1, -0.05) is 29.8 Å². The van der Waals surface area contributed by atoms with Gasteiger partial charge < -0.3 is 14.7 Å². The molecule has 9 nitrogen and oxygen atoms in total. The third-order valence-electron chi connectivity index (χ3n) is 6.01. The number of ketones is 1. The third-order valence-corrected chi connectivity index (χ3v) is 6.34. The van der Waals surface area contributed by atoms with Crippen molar-refractivity contribution in [1.82, 2.24) is 9.80 Å². The van der Waals surface area contributed by atoms with Gasteiger partial charge in [0.1, 0.15) is 12.1 Å². The summed E-state index contributed by atoms with van der Waals surface area (Å²) in [7, 11) is 2.94. The molecule has 1 aromatic carbocycles. The zero-order valence-electron chi connectivity index (χ0n) is 19.1. The number of amides is 2. The Balaban J connectivity index is 1.72. The number of carboxylic acids is 1. The minimum Gasteiger partial charge on any atom is -0.480 e. The van der Waals surface area contributed by atoms with Crippen LogP contribution in [0.25, 0.3) is 0 Å². The molecule has 1 aliphatic rings. The Labute approximate surface area is 202 Å². The molecule has 2 amide bonds. The number of hydrogen-bond acceptors (Lipinski definition) is 5. The number of benzene rings is 1. The van der Waals surface area contributed by atoms with Gasteiger partial charge in [-0.15, -0.1) is 0 Å². The normalized spacial score (nSPS) is 17.7. The Hall–Kier alpha value is -3.46. The van der Waals surface area contributed by atoms with E-state index in [0.29, 0.717) is 29.0 Å². The number of halogens is 1. The van der Waals surface area contributed by atoms with Crippen LogP contribution in [0.5, 0.6) is 0 Å². The Bertz CT molecular complexity index is 1090. The molecule has 1 fully saturated rings. The van der Waals surface area contributed by atoms with Gasteiger partial charge in [-0.05, 0) is 25.3 Å². The molecule has 180 valence electrons.